The number of nitrogens with one attached hydrogen (secondary N) is 2. The first-order valence-corrected chi connectivity index (χ1v) is 4.19. The molecule has 0 aliphatic carbocycles. The Morgan fingerprint density at radius 1 is 1.07 bits per heavy atom. The lowest BCUT2D eigenvalue weighted by atomic mass is 10.2. The molecule has 2 rings (SSSR count). The summed E-state index contributed by atoms with van der Waals surface area (Å²) in [6, 6.07) is 6.54. The molecule has 0 fully saturated rings. The van der Waals surface area contributed by atoms with Crippen molar-refractivity contribution in [1.82, 2.24) is 14.8 Å². The van der Waals surface area contributed by atoms with E-state index in [0.29, 0.717) is 11.3 Å². The molecule has 0 amide bonds. The molecule has 0 saturated heterocycles. The molecule has 1 aromatic heterocycles. The van der Waals surface area contributed by atoms with Crippen LogP contribution < -0.4 is 11.4 Å². The molecule has 0 unspecified atom stereocenters. The maximum atomic E-state index is 11.2. The van der Waals surface area contributed by atoms with Crippen molar-refractivity contribution >= 4 is 0 Å². The maximum absolute atomic E-state index is 11.2. The molecule has 0 aliphatic heterocycles. The summed E-state index contributed by atoms with van der Waals surface area (Å²) >= 11 is 0. The maximum Gasteiger partial charge on any atom is 0.348 e. The van der Waals surface area contributed by atoms with Gasteiger partial charge in [-0.2, -0.15) is 0 Å². The molecule has 0 spiro atoms. The van der Waals surface area contributed by atoms with E-state index in [1.807, 2.05) is 0 Å². The van der Waals surface area contributed by atoms with Gasteiger partial charge in [-0.05, 0) is 24.3 Å². The summed E-state index contributed by atoms with van der Waals surface area (Å²) < 4.78 is 0.986. The van der Waals surface area contributed by atoms with Gasteiger partial charge in [0.05, 0.1) is 5.69 Å². The number of rotatable bonds is 1. The Labute approximate surface area is 84.4 Å². The molecule has 15 heavy (non-hydrogen) atoms. The first-order chi connectivity index (χ1) is 7.22. The molecule has 1 aromatic carbocycles. The Balaban J connectivity index is 2.61. The summed E-state index contributed by atoms with van der Waals surface area (Å²) in [5, 5.41) is 4.39. The molecule has 0 bridgehead atoms. The Morgan fingerprint density at radius 3 is 2.07 bits per heavy atom. The van der Waals surface area contributed by atoms with Crippen molar-refractivity contribution in [3.05, 3.63) is 50.8 Å². The van der Waals surface area contributed by atoms with Gasteiger partial charge in [0.1, 0.15) is 0 Å². The van der Waals surface area contributed by atoms with Crippen molar-refractivity contribution in [3.63, 3.8) is 0 Å². The summed E-state index contributed by atoms with van der Waals surface area (Å²) in [6.07, 6.45) is 5.19. The number of H-pyrrole nitrogens is 2. The SMILES string of the molecule is C#Cc1ccc(-n2c(=O)[nH][nH]c2=O)cc1. The van der Waals surface area contributed by atoms with Crippen LogP contribution in [-0.2, 0) is 0 Å². The number of terminal acetylenes is 1. The quantitative estimate of drug-likeness (QED) is 0.629. The van der Waals surface area contributed by atoms with Crippen LogP contribution in [0.15, 0.2) is 33.9 Å². The van der Waals surface area contributed by atoms with Gasteiger partial charge in [0, 0.05) is 5.56 Å². The van der Waals surface area contributed by atoms with E-state index in [9.17, 15) is 9.59 Å². The summed E-state index contributed by atoms with van der Waals surface area (Å²) in [6.45, 7) is 0. The fourth-order valence-corrected chi connectivity index (χ4v) is 1.25. The van der Waals surface area contributed by atoms with Gasteiger partial charge < -0.3 is 0 Å². The number of benzene rings is 1. The monoisotopic (exact) mass is 201 g/mol. The zero-order chi connectivity index (χ0) is 10.8. The zero-order valence-corrected chi connectivity index (χ0v) is 7.65. The standard InChI is InChI=1S/C10H7N3O2/c1-2-7-3-5-8(6-4-7)13-9(14)11-12-10(13)15/h1,3-6H,(H,11,14)(H,12,15). The van der Waals surface area contributed by atoms with Crippen LogP contribution in [0.5, 0.6) is 0 Å². The molecule has 5 heteroatoms. The van der Waals surface area contributed by atoms with E-state index in [0.717, 1.165) is 4.57 Å². The van der Waals surface area contributed by atoms with Crippen LogP contribution in [0, 0.1) is 12.3 Å². The van der Waals surface area contributed by atoms with E-state index in [1.165, 1.54) is 0 Å². The highest BCUT2D eigenvalue weighted by Gasteiger charge is 2.04. The smallest absolute Gasteiger partial charge is 0.247 e. The van der Waals surface area contributed by atoms with Gasteiger partial charge in [-0.3, -0.25) is 0 Å². The van der Waals surface area contributed by atoms with Crippen LogP contribution >= 0.6 is 0 Å². The third kappa shape index (κ3) is 1.48. The van der Waals surface area contributed by atoms with E-state index in [1.54, 1.807) is 24.3 Å². The Morgan fingerprint density at radius 2 is 1.60 bits per heavy atom. The summed E-state index contributed by atoms with van der Waals surface area (Å²) in [4.78, 5) is 22.5. The number of hydrogen-bond donors (Lipinski definition) is 2. The number of aromatic amines is 2. The first kappa shape index (κ1) is 9.09. The van der Waals surface area contributed by atoms with Gasteiger partial charge in [-0.15, -0.1) is 6.42 Å². The minimum atomic E-state index is -0.506. The van der Waals surface area contributed by atoms with Crippen molar-refractivity contribution in [1.29, 1.82) is 0 Å². The van der Waals surface area contributed by atoms with Crippen molar-refractivity contribution in [2.75, 3.05) is 0 Å². The van der Waals surface area contributed by atoms with Gasteiger partial charge in [0.2, 0.25) is 0 Å². The summed E-state index contributed by atoms with van der Waals surface area (Å²) in [5.74, 6) is 2.45. The Bertz CT molecular complexity index is 595. The highest BCUT2D eigenvalue weighted by Crippen LogP contribution is 2.04. The van der Waals surface area contributed by atoms with Crippen LogP contribution in [0.4, 0.5) is 0 Å². The molecule has 74 valence electrons. The first-order valence-electron chi connectivity index (χ1n) is 4.19. The van der Waals surface area contributed by atoms with Crippen molar-refractivity contribution in [2.45, 2.75) is 0 Å². The lowest BCUT2D eigenvalue weighted by Gasteiger charge is -1.98. The predicted octanol–water partition coefficient (Wildman–Crippen LogP) is -0.165. The fourth-order valence-electron chi connectivity index (χ4n) is 1.25. The molecule has 2 N–H and O–H groups in total. The highest BCUT2D eigenvalue weighted by molar-refractivity contribution is 5.40. The molecular formula is C10H7N3O2. The van der Waals surface area contributed by atoms with E-state index in [2.05, 4.69) is 16.1 Å². The van der Waals surface area contributed by atoms with Crippen molar-refractivity contribution in [3.8, 4) is 18.0 Å². The lowest BCUT2D eigenvalue weighted by Crippen LogP contribution is -2.24. The average molecular weight is 201 g/mol. The van der Waals surface area contributed by atoms with E-state index in [-0.39, 0.29) is 0 Å². The Kier molecular flexibility index (Phi) is 2.03. The van der Waals surface area contributed by atoms with Crippen LogP contribution in [0.3, 0.4) is 0 Å². The molecule has 1 heterocycles. The van der Waals surface area contributed by atoms with E-state index in [4.69, 9.17) is 6.42 Å². The largest absolute Gasteiger partial charge is 0.348 e. The number of nitrogens with zero attached hydrogens (tertiary/aromatic N) is 1. The molecule has 0 radical (unpaired) electrons. The minimum absolute atomic E-state index is 0.474. The van der Waals surface area contributed by atoms with Gasteiger partial charge in [0.25, 0.3) is 0 Å². The van der Waals surface area contributed by atoms with Crippen LogP contribution in [0.1, 0.15) is 5.56 Å². The molecular weight excluding hydrogens is 194 g/mol. The van der Waals surface area contributed by atoms with Gasteiger partial charge in [-0.25, -0.2) is 24.4 Å². The predicted molar refractivity (Wildman–Crippen MR) is 54.9 cm³/mol. The molecule has 0 saturated carbocycles. The number of aromatic nitrogens is 3. The van der Waals surface area contributed by atoms with Crippen LogP contribution in [0.2, 0.25) is 0 Å². The fraction of sp³-hybridized carbons (Fsp3) is 0. The average Bonchev–Trinajstić information content (AvgIpc) is 2.59. The van der Waals surface area contributed by atoms with Crippen molar-refractivity contribution in [2.24, 2.45) is 0 Å². The second-order valence-electron chi connectivity index (χ2n) is 2.89. The van der Waals surface area contributed by atoms with Crippen LogP contribution in [-0.4, -0.2) is 14.8 Å². The topological polar surface area (TPSA) is 70.7 Å². The molecule has 0 atom stereocenters. The second kappa shape index (κ2) is 3.35. The third-order valence-electron chi connectivity index (χ3n) is 1.97. The highest BCUT2D eigenvalue weighted by atomic mass is 16.2. The third-order valence-corrected chi connectivity index (χ3v) is 1.97. The number of hydrogen-bond acceptors (Lipinski definition) is 2. The zero-order valence-electron chi connectivity index (χ0n) is 7.65. The molecule has 0 aliphatic rings. The molecule has 2 aromatic rings. The lowest BCUT2D eigenvalue weighted by molar-refractivity contribution is 0.951. The van der Waals surface area contributed by atoms with Gasteiger partial charge in [0.15, 0.2) is 0 Å². The second-order valence-corrected chi connectivity index (χ2v) is 2.89. The minimum Gasteiger partial charge on any atom is -0.247 e. The van der Waals surface area contributed by atoms with E-state index < -0.39 is 11.4 Å². The van der Waals surface area contributed by atoms with Gasteiger partial charge in [-0.1, -0.05) is 5.92 Å². The van der Waals surface area contributed by atoms with Gasteiger partial charge >= 0.3 is 11.4 Å². The van der Waals surface area contributed by atoms with E-state index >= 15 is 0 Å². The van der Waals surface area contributed by atoms with Crippen molar-refractivity contribution < 1.29 is 0 Å². The summed E-state index contributed by atoms with van der Waals surface area (Å²) in [5.41, 5.74) is 0.155. The Hall–Kier alpha value is -2.48. The van der Waals surface area contributed by atoms with Crippen LogP contribution in [0.25, 0.3) is 5.69 Å². The summed E-state index contributed by atoms with van der Waals surface area (Å²) in [7, 11) is 0. The molecule has 5 nitrogen and oxygen atoms in total. The normalized spacial score (nSPS) is 9.80.